The summed E-state index contributed by atoms with van der Waals surface area (Å²) in [6, 6.07) is 0.505. The molecule has 0 aliphatic carbocycles. The fourth-order valence-corrected chi connectivity index (χ4v) is 1.25. The van der Waals surface area contributed by atoms with Crippen LogP contribution < -0.4 is 5.32 Å². The monoisotopic (exact) mass is 126 g/mol. The summed E-state index contributed by atoms with van der Waals surface area (Å²) in [5.74, 6) is 0. The minimum absolute atomic E-state index is 0.343. The van der Waals surface area contributed by atoms with Gasteiger partial charge in [0.1, 0.15) is 0 Å². The second-order valence-electron chi connectivity index (χ2n) is 2.54. The van der Waals surface area contributed by atoms with Crippen LogP contribution in [0.5, 0.6) is 0 Å². The highest BCUT2D eigenvalue weighted by Gasteiger charge is 2.17. The second-order valence-corrected chi connectivity index (χ2v) is 2.54. The van der Waals surface area contributed by atoms with E-state index in [1.54, 1.807) is 0 Å². The Labute approximate surface area is 56.4 Å². The highest BCUT2D eigenvalue weighted by molar-refractivity contribution is 5.90. The van der Waals surface area contributed by atoms with E-state index in [4.69, 9.17) is 0 Å². The third-order valence-corrected chi connectivity index (χ3v) is 1.71. The van der Waals surface area contributed by atoms with E-state index in [0.717, 1.165) is 6.42 Å². The van der Waals surface area contributed by atoms with E-state index in [2.05, 4.69) is 31.1 Å². The van der Waals surface area contributed by atoms with Gasteiger partial charge in [0.25, 0.3) is 0 Å². The molecule has 2 nitrogen and oxygen atoms in total. The molecule has 9 heavy (non-hydrogen) atoms. The molecule has 1 N–H and O–H groups in total. The topological polar surface area (TPSA) is 24.4 Å². The van der Waals surface area contributed by atoms with E-state index < -0.39 is 0 Å². The van der Waals surface area contributed by atoms with Crippen LogP contribution in [0.2, 0.25) is 0 Å². The van der Waals surface area contributed by atoms with Crippen molar-refractivity contribution in [2.75, 3.05) is 0 Å². The van der Waals surface area contributed by atoms with Gasteiger partial charge in [0.2, 0.25) is 0 Å². The Hall–Kier alpha value is -0.370. The molecule has 0 aromatic heterocycles. The van der Waals surface area contributed by atoms with E-state index >= 15 is 0 Å². The SMILES string of the molecule is CCC1=NC(C)NC1C. The third kappa shape index (κ3) is 1.30. The summed E-state index contributed by atoms with van der Waals surface area (Å²) in [5, 5.41) is 3.31. The lowest BCUT2D eigenvalue weighted by molar-refractivity contribution is 0.594. The van der Waals surface area contributed by atoms with E-state index in [0.29, 0.717) is 12.2 Å². The van der Waals surface area contributed by atoms with E-state index in [9.17, 15) is 0 Å². The van der Waals surface area contributed by atoms with Crippen molar-refractivity contribution in [3.05, 3.63) is 0 Å². The molecular weight excluding hydrogens is 112 g/mol. The van der Waals surface area contributed by atoms with E-state index in [-0.39, 0.29) is 0 Å². The maximum Gasteiger partial charge on any atom is 0.0970 e. The van der Waals surface area contributed by atoms with Gasteiger partial charge < -0.3 is 0 Å². The quantitative estimate of drug-likeness (QED) is 0.560. The molecule has 2 atom stereocenters. The zero-order chi connectivity index (χ0) is 6.85. The standard InChI is InChI=1S/C7H14N2/c1-4-7-5(2)8-6(3)9-7/h5-6,8H,4H2,1-3H3. The fraction of sp³-hybridized carbons (Fsp3) is 0.857. The molecule has 2 heteroatoms. The number of rotatable bonds is 1. The molecule has 0 aromatic rings. The van der Waals surface area contributed by atoms with Crippen LogP contribution in [0.1, 0.15) is 27.2 Å². The Bertz CT molecular complexity index is 129. The Kier molecular flexibility index (Phi) is 1.86. The van der Waals surface area contributed by atoms with Gasteiger partial charge in [-0.15, -0.1) is 0 Å². The van der Waals surface area contributed by atoms with Gasteiger partial charge >= 0.3 is 0 Å². The first kappa shape index (κ1) is 6.75. The predicted octanol–water partition coefficient (Wildman–Crippen LogP) is 1.18. The first-order valence-electron chi connectivity index (χ1n) is 3.56. The van der Waals surface area contributed by atoms with Gasteiger partial charge in [-0.2, -0.15) is 0 Å². The maximum atomic E-state index is 4.39. The Morgan fingerprint density at radius 1 is 1.56 bits per heavy atom. The van der Waals surface area contributed by atoms with Crippen molar-refractivity contribution in [2.24, 2.45) is 4.99 Å². The molecule has 0 aromatic carbocycles. The van der Waals surface area contributed by atoms with Crippen molar-refractivity contribution in [1.29, 1.82) is 0 Å². The summed E-state index contributed by atoms with van der Waals surface area (Å²) in [6.45, 7) is 6.39. The first-order chi connectivity index (χ1) is 4.24. The minimum Gasteiger partial charge on any atom is -0.288 e. The van der Waals surface area contributed by atoms with Crippen molar-refractivity contribution in [3.8, 4) is 0 Å². The molecule has 2 unspecified atom stereocenters. The second kappa shape index (κ2) is 2.48. The third-order valence-electron chi connectivity index (χ3n) is 1.71. The van der Waals surface area contributed by atoms with Crippen molar-refractivity contribution < 1.29 is 0 Å². The zero-order valence-electron chi connectivity index (χ0n) is 6.31. The van der Waals surface area contributed by atoms with Crippen LogP contribution in [0.3, 0.4) is 0 Å². The van der Waals surface area contributed by atoms with Crippen LogP contribution >= 0.6 is 0 Å². The molecule has 1 aliphatic heterocycles. The van der Waals surface area contributed by atoms with Gasteiger partial charge in [-0.05, 0) is 20.3 Å². The maximum absolute atomic E-state index is 4.39. The van der Waals surface area contributed by atoms with Crippen molar-refractivity contribution in [2.45, 2.75) is 39.4 Å². The van der Waals surface area contributed by atoms with Crippen LogP contribution in [-0.4, -0.2) is 17.9 Å². The van der Waals surface area contributed by atoms with Crippen LogP contribution in [0, 0.1) is 0 Å². The van der Waals surface area contributed by atoms with Gasteiger partial charge in [-0.1, -0.05) is 6.92 Å². The summed E-state index contributed by atoms with van der Waals surface area (Å²) < 4.78 is 0. The van der Waals surface area contributed by atoms with Crippen LogP contribution in [0.4, 0.5) is 0 Å². The van der Waals surface area contributed by atoms with Crippen molar-refractivity contribution >= 4 is 5.71 Å². The number of hydrogen-bond donors (Lipinski definition) is 1. The fourth-order valence-electron chi connectivity index (χ4n) is 1.25. The summed E-state index contributed by atoms with van der Waals surface area (Å²) >= 11 is 0. The molecule has 0 radical (unpaired) electrons. The average Bonchev–Trinajstić information content (AvgIpc) is 2.10. The lowest BCUT2D eigenvalue weighted by Gasteiger charge is -2.04. The summed E-state index contributed by atoms with van der Waals surface area (Å²) in [4.78, 5) is 4.39. The average molecular weight is 126 g/mol. The molecule has 52 valence electrons. The highest BCUT2D eigenvalue weighted by atomic mass is 15.1. The summed E-state index contributed by atoms with van der Waals surface area (Å²) in [6.07, 6.45) is 1.42. The van der Waals surface area contributed by atoms with Gasteiger partial charge in [-0.25, -0.2) is 0 Å². The van der Waals surface area contributed by atoms with Gasteiger partial charge in [0.05, 0.1) is 6.17 Å². The molecule has 1 heterocycles. The zero-order valence-corrected chi connectivity index (χ0v) is 6.31. The lowest BCUT2D eigenvalue weighted by atomic mass is 10.2. The minimum atomic E-state index is 0.343. The normalized spacial score (nSPS) is 34.8. The molecule has 0 saturated heterocycles. The smallest absolute Gasteiger partial charge is 0.0970 e. The number of aliphatic imine (C=N–C) groups is 1. The van der Waals surface area contributed by atoms with Crippen molar-refractivity contribution in [1.82, 2.24) is 5.32 Å². The highest BCUT2D eigenvalue weighted by Crippen LogP contribution is 2.05. The van der Waals surface area contributed by atoms with Gasteiger partial charge in [0, 0.05) is 11.8 Å². The predicted molar refractivity (Wildman–Crippen MR) is 39.8 cm³/mol. The first-order valence-corrected chi connectivity index (χ1v) is 3.56. The molecule has 1 aliphatic rings. The number of nitrogens with zero attached hydrogens (tertiary/aromatic N) is 1. The van der Waals surface area contributed by atoms with Crippen LogP contribution in [0.25, 0.3) is 0 Å². The van der Waals surface area contributed by atoms with Gasteiger partial charge in [-0.3, -0.25) is 10.3 Å². The van der Waals surface area contributed by atoms with Crippen molar-refractivity contribution in [3.63, 3.8) is 0 Å². The number of hydrogen-bond acceptors (Lipinski definition) is 2. The number of nitrogens with one attached hydrogen (secondary N) is 1. The molecular formula is C7H14N2. The summed E-state index contributed by atoms with van der Waals surface area (Å²) in [5.41, 5.74) is 1.31. The molecule has 0 bridgehead atoms. The molecule has 0 amide bonds. The summed E-state index contributed by atoms with van der Waals surface area (Å²) in [7, 11) is 0. The Morgan fingerprint density at radius 3 is 2.44 bits per heavy atom. The molecule has 0 spiro atoms. The van der Waals surface area contributed by atoms with Gasteiger partial charge in [0.15, 0.2) is 0 Å². The lowest BCUT2D eigenvalue weighted by Crippen LogP contribution is -2.29. The van der Waals surface area contributed by atoms with E-state index in [1.165, 1.54) is 5.71 Å². The Balaban J connectivity index is 2.57. The van der Waals surface area contributed by atoms with E-state index in [1.807, 2.05) is 0 Å². The van der Waals surface area contributed by atoms with Crippen LogP contribution in [-0.2, 0) is 0 Å². The van der Waals surface area contributed by atoms with Crippen LogP contribution in [0.15, 0.2) is 4.99 Å². The largest absolute Gasteiger partial charge is 0.288 e. The molecule has 0 saturated carbocycles. The molecule has 1 rings (SSSR count). The Morgan fingerprint density at radius 2 is 2.22 bits per heavy atom. The molecule has 0 fully saturated rings.